The second-order valence-electron chi connectivity index (χ2n) is 4.80. The van der Waals surface area contributed by atoms with Crippen LogP contribution in [0.3, 0.4) is 0 Å². The number of nitrogens with one attached hydrogen (secondary N) is 1. The van der Waals surface area contributed by atoms with E-state index in [9.17, 15) is 9.59 Å². The van der Waals surface area contributed by atoms with Crippen LogP contribution in [0, 0.1) is 0 Å². The van der Waals surface area contributed by atoms with Gasteiger partial charge in [0.15, 0.2) is 0 Å². The van der Waals surface area contributed by atoms with E-state index in [1.165, 1.54) is 0 Å². The number of hydrogen-bond donors (Lipinski definition) is 1. The van der Waals surface area contributed by atoms with Crippen molar-refractivity contribution < 1.29 is 9.59 Å². The van der Waals surface area contributed by atoms with E-state index in [-0.39, 0.29) is 11.8 Å². The van der Waals surface area contributed by atoms with Crippen LogP contribution >= 0.6 is 0 Å². The van der Waals surface area contributed by atoms with Crippen LogP contribution in [0.25, 0.3) is 0 Å². The topological polar surface area (TPSA) is 49.4 Å². The maximum atomic E-state index is 12.5. The first-order valence-electron chi connectivity index (χ1n) is 6.85. The van der Waals surface area contributed by atoms with Crippen molar-refractivity contribution in [2.24, 2.45) is 0 Å². The highest BCUT2D eigenvalue weighted by molar-refractivity contribution is 5.88. The Labute approximate surface area is 113 Å². The monoisotopic (exact) mass is 260 g/mol. The standard InChI is InChI=1S/C15H20N2O2/c1-2-13(18)16-14(12-8-4-3-5-9-12)15(19)17-10-6-7-11-17/h3-5,8-9,14H,2,6-7,10-11H2,1H3,(H,16,18)/t14-/m1/s1. The molecular weight excluding hydrogens is 240 g/mol. The molecule has 1 aromatic rings. The molecule has 1 heterocycles. The molecule has 1 N–H and O–H groups in total. The molecule has 1 aromatic carbocycles. The van der Waals surface area contributed by atoms with E-state index in [1.807, 2.05) is 35.2 Å². The molecule has 1 aliphatic rings. The second kappa shape index (κ2) is 6.36. The van der Waals surface area contributed by atoms with Gasteiger partial charge in [0.2, 0.25) is 11.8 Å². The Hall–Kier alpha value is -1.84. The Kier molecular flexibility index (Phi) is 4.55. The fraction of sp³-hybridized carbons (Fsp3) is 0.467. The summed E-state index contributed by atoms with van der Waals surface area (Å²) >= 11 is 0. The summed E-state index contributed by atoms with van der Waals surface area (Å²) in [6.45, 7) is 3.38. The van der Waals surface area contributed by atoms with Crippen molar-refractivity contribution in [1.29, 1.82) is 0 Å². The van der Waals surface area contributed by atoms with E-state index < -0.39 is 6.04 Å². The van der Waals surface area contributed by atoms with Crippen LogP contribution in [0.15, 0.2) is 30.3 Å². The van der Waals surface area contributed by atoms with Gasteiger partial charge >= 0.3 is 0 Å². The quantitative estimate of drug-likeness (QED) is 0.898. The van der Waals surface area contributed by atoms with Crippen molar-refractivity contribution in [3.05, 3.63) is 35.9 Å². The van der Waals surface area contributed by atoms with Crippen molar-refractivity contribution in [3.8, 4) is 0 Å². The molecule has 19 heavy (non-hydrogen) atoms. The number of carbonyl (C=O) groups is 2. The van der Waals surface area contributed by atoms with Crippen LogP contribution in [0.4, 0.5) is 0 Å². The van der Waals surface area contributed by atoms with Gasteiger partial charge in [-0.1, -0.05) is 37.3 Å². The van der Waals surface area contributed by atoms with Crippen LogP contribution < -0.4 is 5.32 Å². The lowest BCUT2D eigenvalue weighted by molar-refractivity contribution is -0.135. The first-order valence-corrected chi connectivity index (χ1v) is 6.85. The number of benzene rings is 1. The average molecular weight is 260 g/mol. The molecule has 0 unspecified atom stereocenters. The Bertz CT molecular complexity index is 439. The highest BCUT2D eigenvalue weighted by Gasteiger charge is 2.28. The molecule has 0 radical (unpaired) electrons. The SMILES string of the molecule is CCC(=O)N[C@@H](C(=O)N1CCCC1)c1ccccc1. The van der Waals surface area contributed by atoms with Crippen LogP contribution in [0.2, 0.25) is 0 Å². The van der Waals surface area contributed by atoms with E-state index >= 15 is 0 Å². The van der Waals surface area contributed by atoms with E-state index in [0.29, 0.717) is 6.42 Å². The molecular formula is C15H20N2O2. The molecule has 0 bridgehead atoms. The van der Waals surface area contributed by atoms with Crippen molar-refractivity contribution in [2.75, 3.05) is 13.1 Å². The fourth-order valence-corrected chi connectivity index (χ4v) is 2.32. The number of amides is 2. The molecule has 4 nitrogen and oxygen atoms in total. The highest BCUT2D eigenvalue weighted by atomic mass is 16.2. The van der Waals surface area contributed by atoms with E-state index in [2.05, 4.69) is 5.32 Å². The summed E-state index contributed by atoms with van der Waals surface area (Å²) < 4.78 is 0. The largest absolute Gasteiger partial charge is 0.341 e. The molecule has 1 saturated heterocycles. The summed E-state index contributed by atoms with van der Waals surface area (Å²) in [5.74, 6) is -0.0908. The minimum atomic E-state index is -0.549. The lowest BCUT2D eigenvalue weighted by atomic mass is 10.1. The average Bonchev–Trinajstić information content (AvgIpc) is 2.99. The summed E-state index contributed by atoms with van der Waals surface area (Å²) in [5, 5.41) is 2.83. The molecule has 0 saturated carbocycles. The number of hydrogen-bond acceptors (Lipinski definition) is 2. The van der Waals surface area contributed by atoms with E-state index in [0.717, 1.165) is 31.5 Å². The predicted octanol–water partition coefficient (Wildman–Crippen LogP) is 1.88. The van der Waals surface area contributed by atoms with Crippen LogP contribution in [0.5, 0.6) is 0 Å². The first-order chi connectivity index (χ1) is 9.22. The molecule has 0 aliphatic carbocycles. The lowest BCUT2D eigenvalue weighted by Crippen LogP contribution is -2.41. The molecule has 1 atom stereocenters. The van der Waals surface area contributed by atoms with Gasteiger partial charge in [0.25, 0.3) is 0 Å². The van der Waals surface area contributed by atoms with Crippen molar-refractivity contribution >= 4 is 11.8 Å². The molecule has 102 valence electrons. The van der Waals surface area contributed by atoms with Gasteiger partial charge in [0.1, 0.15) is 6.04 Å². The third-order valence-electron chi connectivity index (χ3n) is 3.42. The first kappa shape index (κ1) is 13.6. The summed E-state index contributed by atoms with van der Waals surface area (Å²) in [7, 11) is 0. The number of carbonyl (C=O) groups excluding carboxylic acids is 2. The highest BCUT2D eigenvalue weighted by Crippen LogP contribution is 2.19. The smallest absolute Gasteiger partial charge is 0.249 e. The normalized spacial score (nSPS) is 16.2. The summed E-state index contributed by atoms with van der Waals surface area (Å²) in [6, 6.07) is 8.90. The molecule has 0 aromatic heterocycles. The molecule has 0 spiro atoms. The maximum Gasteiger partial charge on any atom is 0.249 e. The Balaban J connectivity index is 2.18. The zero-order valence-corrected chi connectivity index (χ0v) is 11.3. The zero-order chi connectivity index (χ0) is 13.7. The number of likely N-dealkylation sites (tertiary alicyclic amines) is 1. The Morgan fingerprint density at radius 2 is 1.84 bits per heavy atom. The van der Waals surface area contributed by atoms with E-state index in [1.54, 1.807) is 6.92 Å². The van der Waals surface area contributed by atoms with Gasteiger partial charge in [-0.25, -0.2) is 0 Å². The van der Waals surface area contributed by atoms with Crippen LogP contribution in [-0.2, 0) is 9.59 Å². The lowest BCUT2D eigenvalue weighted by Gasteiger charge is -2.24. The molecule has 2 amide bonds. The maximum absolute atomic E-state index is 12.5. The van der Waals surface area contributed by atoms with Crippen molar-refractivity contribution in [2.45, 2.75) is 32.2 Å². The Morgan fingerprint density at radius 3 is 2.42 bits per heavy atom. The molecule has 2 rings (SSSR count). The number of nitrogens with zero attached hydrogens (tertiary/aromatic N) is 1. The summed E-state index contributed by atoms with van der Waals surface area (Å²) in [6.07, 6.45) is 2.49. The van der Waals surface area contributed by atoms with Gasteiger partial charge in [-0.3, -0.25) is 9.59 Å². The third-order valence-corrected chi connectivity index (χ3v) is 3.42. The van der Waals surface area contributed by atoms with Gasteiger partial charge in [0, 0.05) is 19.5 Å². The van der Waals surface area contributed by atoms with Gasteiger partial charge in [0.05, 0.1) is 0 Å². The van der Waals surface area contributed by atoms with Gasteiger partial charge in [-0.2, -0.15) is 0 Å². The second-order valence-corrected chi connectivity index (χ2v) is 4.80. The van der Waals surface area contributed by atoms with Gasteiger partial charge < -0.3 is 10.2 Å². The fourth-order valence-electron chi connectivity index (χ4n) is 2.32. The zero-order valence-electron chi connectivity index (χ0n) is 11.3. The minimum absolute atomic E-state index is 0.00509. The van der Waals surface area contributed by atoms with Crippen LogP contribution in [-0.4, -0.2) is 29.8 Å². The molecule has 1 aliphatic heterocycles. The van der Waals surface area contributed by atoms with E-state index in [4.69, 9.17) is 0 Å². The minimum Gasteiger partial charge on any atom is -0.341 e. The Morgan fingerprint density at radius 1 is 1.21 bits per heavy atom. The van der Waals surface area contributed by atoms with Gasteiger partial charge in [-0.15, -0.1) is 0 Å². The molecule has 1 fully saturated rings. The van der Waals surface area contributed by atoms with Crippen LogP contribution in [0.1, 0.15) is 37.8 Å². The summed E-state index contributed by atoms with van der Waals surface area (Å²) in [4.78, 5) is 26.0. The third kappa shape index (κ3) is 3.34. The van der Waals surface area contributed by atoms with Crippen molar-refractivity contribution in [3.63, 3.8) is 0 Å². The van der Waals surface area contributed by atoms with Crippen molar-refractivity contribution in [1.82, 2.24) is 10.2 Å². The summed E-state index contributed by atoms with van der Waals surface area (Å²) in [5.41, 5.74) is 0.848. The predicted molar refractivity (Wildman–Crippen MR) is 73.4 cm³/mol. The van der Waals surface area contributed by atoms with Gasteiger partial charge in [-0.05, 0) is 18.4 Å². The molecule has 4 heteroatoms. The number of rotatable bonds is 4.